The molecule has 5 aliphatic rings. The van der Waals surface area contributed by atoms with Crippen molar-refractivity contribution >= 4 is 0 Å². The van der Waals surface area contributed by atoms with E-state index in [-0.39, 0.29) is 6.10 Å². The highest BCUT2D eigenvalue weighted by molar-refractivity contribution is 5.29. The highest BCUT2D eigenvalue weighted by atomic mass is 16.3. The molecule has 1 N–H and O–H groups in total. The van der Waals surface area contributed by atoms with E-state index < -0.39 is 0 Å². The van der Waals surface area contributed by atoms with E-state index >= 15 is 0 Å². The lowest BCUT2D eigenvalue weighted by Crippen LogP contribution is -2.55. The Kier molecular flexibility index (Phi) is 4.92. The van der Waals surface area contributed by atoms with Gasteiger partial charge in [-0.2, -0.15) is 0 Å². The fourth-order valence-electron chi connectivity index (χ4n) is 10.5. The molecular weight excluding hydrogens is 364 g/mol. The number of rotatable bonds is 5. The van der Waals surface area contributed by atoms with Crippen molar-refractivity contribution in [3.8, 4) is 0 Å². The number of hydrogen-bond donors (Lipinski definition) is 1. The Bertz CT molecular complexity index is 709. The normalized spacial score (nSPS) is 52.8. The average Bonchev–Trinajstić information content (AvgIpc) is 3.28. The summed E-state index contributed by atoms with van der Waals surface area (Å²) in [6, 6.07) is 0. The van der Waals surface area contributed by atoms with Gasteiger partial charge in [-0.3, -0.25) is 0 Å². The highest BCUT2D eigenvalue weighted by Crippen LogP contribution is 2.87. The van der Waals surface area contributed by atoms with Crippen LogP contribution in [0.2, 0.25) is 0 Å². The van der Waals surface area contributed by atoms with E-state index in [1.54, 1.807) is 0 Å². The molecule has 30 heavy (non-hydrogen) atoms. The maximum absolute atomic E-state index is 10.3. The number of fused-ring (bicyclic) bond motifs is 2. The van der Waals surface area contributed by atoms with E-state index in [1.165, 1.54) is 69.8 Å². The van der Waals surface area contributed by atoms with E-state index in [9.17, 15) is 5.11 Å². The Hall–Kier alpha value is -0.300. The monoisotopic (exact) mass is 412 g/mol. The summed E-state index contributed by atoms with van der Waals surface area (Å²) in [5.74, 6) is 4.16. The zero-order valence-electron chi connectivity index (χ0n) is 20.6. The van der Waals surface area contributed by atoms with Crippen molar-refractivity contribution in [3.05, 3.63) is 12.2 Å². The molecule has 0 aliphatic heterocycles. The lowest BCUT2D eigenvalue weighted by atomic mass is 9.43. The number of allylic oxidation sites excluding steroid dienone is 1. The molecule has 0 aromatic heterocycles. The number of aliphatic hydroxyl groups is 1. The molecule has 9 atom stereocenters. The zero-order valence-corrected chi connectivity index (χ0v) is 20.6. The minimum atomic E-state index is -0.00318. The van der Waals surface area contributed by atoms with Gasteiger partial charge in [0.05, 0.1) is 6.10 Å². The number of hydrogen-bond acceptors (Lipinski definition) is 1. The molecule has 1 nitrogen and oxygen atoms in total. The molecule has 9 unspecified atom stereocenters. The largest absolute Gasteiger partial charge is 0.393 e. The van der Waals surface area contributed by atoms with Crippen molar-refractivity contribution in [2.24, 2.45) is 51.2 Å². The van der Waals surface area contributed by atoms with Gasteiger partial charge >= 0.3 is 0 Å². The van der Waals surface area contributed by atoms with Gasteiger partial charge in [-0.1, -0.05) is 46.8 Å². The van der Waals surface area contributed by atoms with Crippen molar-refractivity contribution in [1.82, 2.24) is 0 Å². The molecule has 2 spiro atoms. The summed E-state index contributed by atoms with van der Waals surface area (Å²) in [5, 5.41) is 10.3. The third-order valence-corrected chi connectivity index (χ3v) is 12.6. The van der Waals surface area contributed by atoms with Gasteiger partial charge in [-0.05, 0) is 128 Å². The van der Waals surface area contributed by atoms with E-state index in [2.05, 4.69) is 41.2 Å². The SMILES string of the molecule is C=C(CCC(C)C1CCC2(C)C3CCC4CC(O)CCC45CC35CCC12C)C(C)C. The van der Waals surface area contributed by atoms with E-state index in [0.29, 0.717) is 27.6 Å². The molecule has 0 radical (unpaired) electrons. The smallest absolute Gasteiger partial charge is 0.0543 e. The molecule has 0 aromatic rings. The summed E-state index contributed by atoms with van der Waals surface area (Å²) in [5.41, 5.74) is 3.83. The van der Waals surface area contributed by atoms with Gasteiger partial charge in [0.25, 0.3) is 0 Å². The van der Waals surface area contributed by atoms with Crippen molar-refractivity contribution in [1.29, 1.82) is 0 Å². The minimum Gasteiger partial charge on any atom is -0.393 e. The molecule has 0 heterocycles. The van der Waals surface area contributed by atoms with Crippen molar-refractivity contribution in [2.45, 2.75) is 118 Å². The third kappa shape index (κ3) is 2.63. The minimum absolute atomic E-state index is 0.00318. The molecule has 5 aliphatic carbocycles. The standard InChI is InChI=1S/C29H48O/c1-19(2)20(3)7-8-21(4)24-12-13-27(6)25-10-9-22-17-23(30)11-14-28(22)18-29(25,28)16-15-26(24,27)5/h19,21-25,30H,3,7-18H2,1-2,4-6H3. The first kappa shape index (κ1) is 21.5. The molecular formula is C29H48O. The van der Waals surface area contributed by atoms with Gasteiger partial charge in [0.2, 0.25) is 0 Å². The van der Waals surface area contributed by atoms with Gasteiger partial charge in [0.1, 0.15) is 0 Å². The van der Waals surface area contributed by atoms with Gasteiger partial charge in [0.15, 0.2) is 0 Å². The lowest BCUT2D eigenvalue weighted by molar-refractivity contribution is -0.133. The van der Waals surface area contributed by atoms with Crippen LogP contribution in [0.4, 0.5) is 0 Å². The number of aliphatic hydroxyl groups excluding tert-OH is 1. The van der Waals surface area contributed by atoms with Crippen LogP contribution in [-0.4, -0.2) is 11.2 Å². The van der Waals surface area contributed by atoms with Gasteiger partial charge < -0.3 is 5.11 Å². The second-order valence-electron chi connectivity index (χ2n) is 13.6. The quantitative estimate of drug-likeness (QED) is 0.457. The molecule has 170 valence electrons. The highest BCUT2D eigenvalue weighted by Gasteiger charge is 2.80. The molecule has 0 aromatic carbocycles. The van der Waals surface area contributed by atoms with Crippen LogP contribution in [0.15, 0.2) is 12.2 Å². The third-order valence-electron chi connectivity index (χ3n) is 12.6. The summed E-state index contributed by atoms with van der Waals surface area (Å²) >= 11 is 0. The van der Waals surface area contributed by atoms with E-state index in [0.717, 1.165) is 36.5 Å². The average molecular weight is 413 g/mol. The lowest BCUT2D eigenvalue weighted by Gasteiger charge is -2.61. The maximum atomic E-state index is 10.3. The molecule has 5 saturated carbocycles. The summed E-state index contributed by atoms with van der Waals surface area (Å²) in [7, 11) is 0. The van der Waals surface area contributed by atoms with Gasteiger partial charge in [0, 0.05) is 0 Å². The summed E-state index contributed by atoms with van der Waals surface area (Å²) in [6.07, 6.45) is 16.4. The predicted octanol–water partition coefficient (Wildman–Crippen LogP) is 7.78. The van der Waals surface area contributed by atoms with Crippen LogP contribution in [0.3, 0.4) is 0 Å². The molecule has 0 saturated heterocycles. The molecule has 5 rings (SSSR count). The Morgan fingerprint density at radius 3 is 2.43 bits per heavy atom. The van der Waals surface area contributed by atoms with E-state index in [4.69, 9.17) is 0 Å². The fourth-order valence-corrected chi connectivity index (χ4v) is 10.5. The molecule has 0 bridgehead atoms. The summed E-state index contributed by atoms with van der Waals surface area (Å²) < 4.78 is 0. The summed E-state index contributed by atoms with van der Waals surface area (Å²) in [6.45, 7) is 17.0. The van der Waals surface area contributed by atoms with Gasteiger partial charge in [-0.15, -0.1) is 0 Å². The Morgan fingerprint density at radius 1 is 0.933 bits per heavy atom. The molecule has 0 amide bonds. The first-order valence-electron chi connectivity index (χ1n) is 13.5. The molecule has 5 fully saturated rings. The second-order valence-corrected chi connectivity index (χ2v) is 13.6. The Balaban J connectivity index is 1.36. The van der Waals surface area contributed by atoms with Crippen LogP contribution < -0.4 is 0 Å². The van der Waals surface area contributed by atoms with Crippen LogP contribution in [0, 0.1) is 51.2 Å². The molecule has 1 heteroatoms. The van der Waals surface area contributed by atoms with Crippen LogP contribution in [-0.2, 0) is 0 Å². The van der Waals surface area contributed by atoms with Crippen LogP contribution in [0.1, 0.15) is 112 Å². The summed E-state index contributed by atoms with van der Waals surface area (Å²) in [4.78, 5) is 0. The predicted molar refractivity (Wildman–Crippen MR) is 126 cm³/mol. The van der Waals surface area contributed by atoms with Crippen molar-refractivity contribution < 1.29 is 5.11 Å². The first-order valence-corrected chi connectivity index (χ1v) is 13.5. The van der Waals surface area contributed by atoms with Gasteiger partial charge in [-0.25, -0.2) is 0 Å². The topological polar surface area (TPSA) is 20.2 Å². The van der Waals surface area contributed by atoms with E-state index in [1.807, 2.05) is 0 Å². The Morgan fingerprint density at radius 2 is 1.70 bits per heavy atom. The van der Waals surface area contributed by atoms with Crippen molar-refractivity contribution in [2.75, 3.05) is 0 Å². The second kappa shape index (κ2) is 6.85. The van der Waals surface area contributed by atoms with Crippen LogP contribution in [0.25, 0.3) is 0 Å². The van der Waals surface area contributed by atoms with Crippen LogP contribution >= 0.6 is 0 Å². The van der Waals surface area contributed by atoms with Crippen molar-refractivity contribution in [3.63, 3.8) is 0 Å². The zero-order chi connectivity index (χ0) is 21.5. The van der Waals surface area contributed by atoms with Crippen LogP contribution in [0.5, 0.6) is 0 Å². The first-order chi connectivity index (χ1) is 14.1. The maximum Gasteiger partial charge on any atom is 0.0543 e. The Labute approximate surface area is 186 Å². The fraction of sp³-hybridized carbons (Fsp3) is 0.931.